The summed E-state index contributed by atoms with van der Waals surface area (Å²) in [5.41, 5.74) is 4.96. The topological polar surface area (TPSA) is 67.6 Å². The number of nitrogens with two attached hydrogens (primary N) is 1. The molecule has 1 rings (SSSR count). The molecule has 5 heteroatoms. The highest BCUT2D eigenvalue weighted by Crippen LogP contribution is 2.18. The molecule has 3 atom stereocenters. The number of hydrogen-bond donors (Lipinski definition) is 2. The Morgan fingerprint density at radius 1 is 1.50 bits per heavy atom. The van der Waals surface area contributed by atoms with Gasteiger partial charge in [0.15, 0.2) is 0 Å². The molecule has 1 saturated heterocycles. The van der Waals surface area contributed by atoms with Crippen LogP contribution in [0.15, 0.2) is 0 Å². The van der Waals surface area contributed by atoms with Crippen molar-refractivity contribution in [2.45, 2.75) is 64.6 Å². The lowest BCUT2D eigenvalue weighted by Gasteiger charge is -2.40. The Morgan fingerprint density at radius 2 is 2.20 bits per heavy atom. The summed E-state index contributed by atoms with van der Waals surface area (Å²) < 4.78 is 5.71. The third-order valence-electron chi connectivity index (χ3n) is 4.26. The Balaban J connectivity index is 2.58. The van der Waals surface area contributed by atoms with Crippen LogP contribution in [-0.2, 0) is 9.53 Å². The van der Waals surface area contributed by atoms with E-state index in [4.69, 9.17) is 10.5 Å². The molecule has 20 heavy (non-hydrogen) atoms. The molecule has 0 spiro atoms. The molecule has 1 aliphatic rings. The van der Waals surface area contributed by atoms with Crippen LogP contribution in [0, 0.1) is 0 Å². The van der Waals surface area contributed by atoms with Gasteiger partial charge in [-0.1, -0.05) is 13.8 Å². The fourth-order valence-electron chi connectivity index (χ4n) is 2.63. The van der Waals surface area contributed by atoms with Crippen molar-refractivity contribution in [3.05, 3.63) is 0 Å². The number of ether oxygens (including phenoxy) is 1. The van der Waals surface area contributed by atoms with Gasteiger partial charge < -0.3 is 15.8 Å². The second kappa shape index (κ2) is 7.96. The van der Waals surface area contributed by atoms with Crippen molar-refractivity contribution in [2.24, 2.45) is 5.73 Å². The lowest BCUT2D eigenvalue weighted by molar-refractivity contribution is -0.124. The normalized spacial score (nSPS) is 27.2. The molecular weight excluding hydrogens is 254 g/mol. The molecule has 0 aromatic rings. The van der Waals surface area contributed by atoms with E-state index in [0.29, 0.717) is 6.04 Å². The molecule has 118 valence electrons. The molecule has 3 N–H and O–H groups in total. The third kappa shape index (κ3) is 4.72. The fraction of sp³-hybridized carbons (Fsp3) is 0.933. The number of carbonyl (C=O) groups excluding carboxylic acids is 1. The van der Waals surface area contributed by atoms with E-state index in [9.17, 15) is 4.79 Å². The molecule has 1 aliphatic heterocycles. The van der Waals surface area contributed by atoms with Gasteiger partial charge in [0.25, 0.3) is 0 Å². The highest BCUT2D eigenvalue weighted by atomic mass is 16.5. The number of nitrogens with zero attached hydrogens (tertiary/aromatic N) is 1. The van der Waals surface area contributed by atoms with Crippen LogP contribution >= 0.6 is 0 Å². The maximum Gasteiger partial charge on any atom is 0.237 e. The summed E-state index contributed by atoms with van der Waals surface area (Å²) in [4.78, 5) is 14.2. The number of amides is 1. The zero-order chi connectivity index (χ0) is 15.2. The molecule has 0 aromatic carbocycles. The first-order valence-electron chi connectivity index (χ1n) is 7.83. The summed E-state index contributed by atoms with van der Waals surface area (Å²) in [7, 11) is 0. The first-order chi connectivity index (χ1) is 9.42. The van der Waals surface area contributed by atoms with Crippen LogP contribution < -0.4 is 11.1 Å². The molecule has 0 radical (unpaired) electrons. The average Bonchev–Trinajstić information content (AvgIpc) is 2.43. The predicted molar refractivity (Wildman–Crippen MR) is 81.6 cm³/mol. The summed E-state index contributed by atoms with van der Waals surface area (Å²) in [6, 6.07) is 0.453. The van der Waals surface area contributed by atoms with Crippen LogP contribution in [0.25, 0.3) is 0 Å². The highest BCUT2D eigenvalue weighted by molar-refractivity contribution is 5.84. The summed E-state index contributed by atoms with van der Waals surface area (Å²) in [6.07, 6.45) is 3.07. The van der Waals surface area contributed by atoms with E-state index < -0.39 is 5.54 Å². The van der Waals surface area contributed by atoms with Gasteiger partial charge in [-0.25, -0.2) is 0 Å². The van der Waals surface area contributed by atoms with Crippen LogP contribution in [0.5, 0.6) is 0 Å². The van der Waals surface area contributed by atoms with Crippen LogP contribution in [-0.4, -0.2) is 54.7 Å². The lowest BCUT2D eigenvalue weighted by atomic mass is 9.95. The smallest absolute Gasteiger partial charge is 0.237 e. The summed E-state index contributed by atoms with van der Waals surface area (Å²) >= 11 is 0. The van der Waals surface area contributed by atoms with Gasteiger partial charge in [-0.05, 0) is 39.7 Å². The summed E-state index contributed by atoms with van der Waals surface area (Å²) in [6.45, 7) is 11.7. The van der Waals surface area contributed by atoms with Crippen molar-refractivity contribution in [1.29, 1.82) is 0 Å². The zero-order valence-corrected chi connectivity index (χ0v) is 13.4. The second-order valence-electron chi connectivity index (χ2n) is 6.07. The summed E-state index contributed by atoms with van der Waals surface area (Å²) in [5.74, 6) is -0.264. The van der Waals surface area contributed by atoms with Crippen molar-refractivity contribution in [3.8, 4) is 0 Å². The van der Waals surface area contributed by atoms with Gasteiger partial charge in [0.2, 0.25) is 5.91 Å². The Morgan fingerprint density at radius 3 is 2.75 bits per heavy atom. The Bertz CT molecular complexity index is 311. The van der Waals surface area contributed by atoms with E-state index in [0.717, 1.165) is 45.5 Å². The fourth-order valence-corrected chi connectivity index (χ4v) is 2.63. The lowest BCUT2D eigenvalue weighted by Crippen LogP contribution is -2.56. The highest BCUT2D eigenvalue weighted by Gasteiger charge is 2.33. The molecule has 1 amide bonds. The van der Waals surface area contributed by atoms with Gasteiger partial charge in [0.05, 0.1) is 18.2 Å². The number of rotatable bonds is 8. The number of morpholine rings is 1. The van der Waals surface area contributed by atoms with Crippen molar-refractivity contribution < 1.29 is 9.53 Å². The van der Waals surface area contributed by atoms with Gasteiger partial charge in [-0.15, -0.1) is 0 Å². The maximum atomic E-state index is 11.7. The minimum Gasteiger partial charge on any atom is -0.376 e. The molecule has 3 unspecified atom stereocenters. The largest absolute Gasteiger partial charge is 0.376 e. The van der Waals surface area contributed by atoms with Crippen molar-refractivity contribution >= 4 is 5.91 Å². The van der Waals surface area contributed by atoms with Crippen molar-refractivity contribution in [3.63, 3.8) is 0 Å². The minimum atomic E-state index is -0.615. The number of nitrogens with one attached hydrogen (secondary N) is 1. The summed E-state index contributed by atoms with van der Waals surface area (Å²) in [5, 5.41) is 3.30. The number of primary amides is 1. The Hall–Kier alpha value is -0.650. The molecular formula is C15H31N3O2. The van der Waals surface area contributed by atoms with E-state index in [-0.39, 0.29) is 12.0 Å². The van der Waals surface area contributed by atoms with E-state index >= 15 is 0 Å². The first kappa shape index (κ1) is 17.4. The van der Waals surface area contributed by atoms with Crippen LogP contribution in [0.1, 0.15) is 47.0 Å². The molecule has 1 heterocycles. The van der Waals surface area contributed by atoms with E-state index in [1.165, 1.54) is 0 Å². The zero-order valence-electron chi connectivity index (χ0n) is 13.4. The minimum absolute atomic E-state index is 0.264. The maximum absolute atomic E-state index is 11.7. The molecule has 0 bridgehead atoms. The van der Waals surface area contributed by atoms with Crippen LogP contribution in [0.2, 0.25) is 0 Å². The third-order valence-corrected chi connectivity index (χ3v) is 4.26. The predicted octanol–water partition coefficient (Wildman–Crippen LogP) is 1.12. The molecule has 0 aromatic heterocycles. The molecule has 0 aliphatic carbocycles. The molecule has 0 saturated carbocycles. The van der Waals surface area contributed by atoms with Gasteiger partial charge in [0, 0.05) is 19.1 Å². The van der Waals surface area contributed by atoms with Crippen LogP contribution in [0.3, 0.4) is 0 Å². The Labute approximate surface area is 123 Å². The molecule has 1 fully saturated rings. The van der Waals surface area contributed by atoms with Crippen molar-refractivity contribution in [2.75, 3.05) is 26.2 Å². The first-order valence-corrected chi connectivity index (χ1v) is 7.83. The van der Waals surface area contributed by atoms with Gasteiger partial charge in [-0.2, -0.15) is 0 Å². The van der Waals surface area contributed by atoms with E-state index in [2.05, 4.69) is 31.0 Å². The Kier molecular flexibility index (Phi) is 6.92. The van der Waals surface area contributed by atoms with Crippen LogP contribution in [0.4, 0.5) is 0 Å². The van der Waals surface area contributed by atoms with E-state index in [1.54, 1.807) is 0 Å². The monoisotopic (exact) mass is 285 g/mol. The van der Waals surface area contributed by atoms with Gasteiger partial charge in [0.1, 0.15) is 0 Å². The van der Waals surface area contributed by atoms with E-state index in [1.807, 2.05) is 6.92 Å². The van der Waals surface area contributed by atoms with Crippen molar-refractivity contribution in [1.82, 2.24) is 10.2 Å². The quantitative estimate of drug-likeness (QED) is 0.701. The number of hydrogen-bond acceptors (Lipinski definition) is 4. The standard InChI is InChI=1S/C15H31N3O2/c1-5-8-17-15(4,14(16)19)7-9-18-10-12(3)20-11-13(18)6-2/h12-13,17H,5-11H2,1-4H3,(H2,16,19). The SMILES string of the molecule is CCCNC(C)(CCN1CC(C)OCC1CC)C(N)=O. The molecule has 5 nitrogen and oxygen atoms in total. The second-order valence-corrected chi connectivity index (χ2v) is 6.07. The van der Waals surface area contributed by atoms with Gasteiger partial charge in [-0.3, -0.25) is 9.69 Å². The number of carbonyl (C=O) groups is 1. The van der Waals surface area contributed by atoms with Gasteiger partial charge >= 0.3 is 0 Å². The average molecular weight is 285 g/mol.